The monoisotopic (exact) mass is 360 g/mol. The Balaban J connectivity index is 1.71. The molecule has 7 nitrogen and oxygen atoms in total. The molecule has 0 saturated carbocycles. The van der Waals surface area contributed by atoms with Gasteiger partial charge in [0.05, 0.1) is 16.8 Å². The summed E-state index contributed by atoms with van der Waals surface area (Å²) in [4.78, 5) is 18.9. The molecule has 1 aromatic heterocycles. The number of benzene rings is 1. The fourth-order valence-corrected chi connectivity index (χ4v) is 3.29. The van der Waals surface area contributed by atoms with E-state index in [1.807, 2.05) is 6.07 Å². The highest BCUT2D eigenvalue weighted by Gasteiger charge is 2.13. The van der Waals surface area contributed by atoms with Gasteiger partial charge in [-0.3, -0.25) is 4.79 Å². The minimum absolute atomic E-state index is 0.113. The molecule has 8 heteroatoms. The van der Waals surface area contributed by atoms with Gasteiger partial charge in [-0.15, -0.1) is 0 Å². The van der Waals surface area contributed by atoms with Crippen LogP contribution in [0, 0.1) is 0 Å². The number of hydrogen-bond acceptors (Lipinski definition) is 6. The van der Waals surface area contributed by atoms with E-state index in [9.17, 15) is 13.2 Å². The van der Waals surface area contributed by atoms with E-state index in [4.69, 9.17) is 0 Å². The standard InChI is InChI=1S/C17H20N4O3S/c1-25(23,24)15-4-2-3-13(11-15)17(22)20-16-6-5-14(12-19-16)21-9-7-18-8-10-21/h2-6,11-12,18H,7-10H2,1H3,(H,19,20,22). The number of anilines is 2. The Kier molecular flexibility index (Phi) is 5.00. The second-order valence-corrected chi connectivity index (χ2v) is 7.91. The van der Waals surface area contributed by atoms with Crippen molar-refractivity contribution in [1.82, 2.24) is 10.3 Å². The zero-order valence-electron chi connectivity index (χ0n) is 13.9. The van der Waals surface area contributed by atoms with Gasteiger partial charge < -0.3 is 15.5 Å². The number of nitrogens with one attached hydrogen (secondary N) is 2. The summed E-state index contributed by atoms with van der Waals surface area (Å²) in [5, 5.41) is 5.98. The Bertz CT molecular complexity index is 860. The molecule has 25 heavy (non-hydrogen) atoms. The van der Waals surface area contributed by atoms with Crippen molar-refractivity contribution < 1.29 is 13.2 Å². The smallest absolute Gasteiger partial charge is 0.256 e. The maximum absolute atomic E-state index is 12.3. The number of piperazine rings is 1. The molecular formula is C17H20N4O3S. The second kappa shape index (κ2) is 7.20. The van der Waals surface area contributed by atoms with E-state index >= 15 is 0 Å². The van der Waals surface area contributed by atoms with E-state index in [-0.39, 0.29) is 10.5 Å². The molecule has 1 aliphatic rings. The number of sulfone groups is 1. The van der Waals surface area contributed by atoms with Crippen LogP contribution in [0.2, 0.25) is 0 Å². The third-order valence-electron chi connectivity index (χ3n) is 4.00. The molecule has 0 bridgehead atoms. The molecule has 0 radical (unpaired) electrons. The van der Waals surface area contributed by atoms with Gasteiger partial charge in [0.15, 0.2) is 9.84 Å². The van der Waals surface area contributed by atoms with Crippen LogP contribution in [0.3, 0.4) is 0 Å². The van der Waals surface area contributed by atoms with Gasteiger partial charge in [0.1, 0.15) is 5.82 Å². The van der Waals surface area contributed by atoms with E-state index in [1.165, 1.54) is 12.1 Å². The van der Waals surface area contributed by atoms with Crippen LogP contribution in [-0.2, 0) is 9.84 Å². The highest BCUT2D eigenvalue weighted by Crippen LogP contribution is 2.17. The SMILES string of the molecule is CS(=O)(=O)c1cccc(C(=O)Nc2ccc(N3CCNCC3)cn2)c1. The minimum Gasteiger partial charge on any atom is -0.368 e. The normalized spacial score (nSPS) is 15.0. The van der Waals surface area contributed by atoms with Gasteiger partial charge in [0, 0.05) is 38.0 Å². The lowest BCUT2D eigenvalue weighted by Crippen LogP contribution is -2.43. The van der Waals surface area contributed by atoms with Gasteiger partial charge in [0.2, 0.25) is 0 Å². The molecule has 1 amide bonds. The predicted octanol–water partition coefficient (Wildman–Crippen LogP) is 1.15. The fourth-order valence-electron chi connectivity index (χ4n) is 2.63. The van der Waals surface area contributed by atoms with Crippen LogP contribution in [0.5, 0.6) is 0 Å². The topological polar surface area (TPSA) is 91.4 Å². The fraction of sp³-hybridized carbons (Fsp3) is 0.294. The maximum Gasteiger partial charge on any atom is 0.256 e. The third kappa shape index (κ3) is 4.34. The Labute approximate surface area is 147 Å². The molecule has 1 aromatic carbocycles. The first-order valence-electron chi connectivity index (χ1n) is 7.97. The highest BCUT2D eigenvalue weighted by molar-refractivity contribution is 7.90. The number of nitrogens with zero attached hydrogens (tertiary/aromatic N) is 2. The Morgan fingerprint density at radius 3 is 2.60 bits per heavy atom. The number of carbonyl (C=O) groups excluding carboxylic acids is 1. The van der Waals surface area contributed by atoms with Crippen LogP contribution >= 0.6 is 0 Å². The van der Waals surface area contributed by atoms with E-state index in [0.717, 1.165) is 38.1 Å². The van der Waals surface area contributed by atoms with Crippen LogP contribution < -0.4 is 15.5 Å². The van der Waals surface area contributed by atoms with Crippen molar-refractivity contribution in [3.63, 3.8) is 0 Å². The maximum atomic E-state index is 12.3. The molecule has 1 saturated heterocycles. The molecule has 2 N–H and O–H groups in total. The van der Waals surface area contributed by atoms with Gasteiger partial charge in [-0.1, -0.05) is 6.07 Å². The lowest BCUT2D eigenvalue weighted by Gasteiger charge is -2.29. The first kappa shape index (κ1) is 17.4. The molecule has 1 fully saturated rings. The number of rotatable bonds is 4. The molecule has 0 aliphatic carbocycles. The zero-order chi connectivity index (χ0) is 17.9. The average molecular weight is 360 g/mol. The van der Waals surface area contributed by atoms with Crippen LogP contribution in [0.25, 0.3) is 0 Å². The van der Waals surface area contributed by atoms with Gasteiger partial charge in [-0.25, -0.2) is 13.4 Å². The van der Waals surface area contributed by atoms with Crippen molar-refractivity contribution in [3.05, 3.63) is 48.2 Å². The largest absolute Gasteiger partial charge is 0.368 e. The van der Waals surface area contributed by atoms with Crippen LogP contribution in [0.15, 0.2) is 47.5 Å². The van der Waals surface area contributed by atoms with Crippen molar-refractivity contribution in [2.45, 2.75) is 4.90 Å². The van der Waals surface area contributed by atoms with E-state index in [0.29, 0.717) is 5.82 Å². The van der Waals surface area contributed by atoms with Gasteiger partial charge in [-0.05, 0) is 30.3 Å². The van der Waals surface area contributed by atoms with E-state index in [1.54, 1.807) is 24.4 Å². The molecule has 132 valence electrons. The highest BCUT2D eigenvalue weighted by atomic mass is 32.2. The molecule has 2 aromatic rings. The summed E-state index contributed by atoms with van der Waals surface area (Å²) in [6, 6.07) is 9.61. The number of carbonyl (C=O) groups is 1. The summed E-state index contributed by atoms with van der Waals surface area (Å²) in [7, 11) is -3.36. The lowest BCUT2D eigenvalue weighted by atomic mass is 10.2. The Morgan fingerprint density at radius 2 is 1.96 bits per heavy atom. The Morgan fingerprint density at radius 1 is 1.20 bits per heavy atom. The molecule has 0 atom stereocenters. The third-order valence-corrected chi connectivity index (χ3v) is 5.11. The predicted molar refractivity (Wildman–Crippen MR) is 96.8 cm³/mol. The summed E-state index contributed by atoms with van der Waals surface area (Å²) < 4.78 is 23.2. The molecule has 3 rings (SSSR count). The van der Waals surface area contributed by atoms with Gasteiger partial charge >= 0.3 is 0 Å². The summed E-state index contributed by atoms with van der Waals surface area (Å²) in [6.45, 7) is 3.72. The summed E-state index contributed by atoms with van der Waals surface area (Å²) in [5.74, 6) is 0.0292. The average Bonchev–Trinajstić information content (AvgIpc) is 2.62. The lowest BCUT2D eigenvalue weighted by molar-refractivity contribution is 0.102. The molecular weight excluding hydrogens is 340 g/mol. The number of amides is 1. The quantitative estimate of drug-likeness (QED) is 0.850. The first-order valence-corrected chi connectivity index (χ1v) is 9.86. The Hall–Kier alpha value is -2.45. The van der Waals surface area contributed by atoms with Crippen LogP contribution in [0.1, 0.15) is 10.4 Å². The van der Waals surface area contributed by atoms with Crippen molar-refractivity contribution in [3.8, 4) is 0 Å². The number of aromatic nitrogens is 1. The molecule has 0 unspecified atom stereocenters. The van der Waals surface area contributed by atoms with Crippen molar-refractivity contribution in [2.24, 2.45) is 0 Å². The van der Waals surface area contributed by atoms with Gasteiger partial charge in [0.25, 0.3) is 5.91 Å². The van der Waals surface area contributed by atoms with Crippen LogP contribution in [-0.4, -0.2) is 51.7 Å². The summed E-state index contributed by atoms with van der Waals surface area (Å²) >= 11 is 0. The minimum atomic E-state index is -3.36. The van der Waals surface area contributed by atoms with E-state index in [2.05, 4.69) is 20.5 Å². The van der Waals surface area contributed by atoms with E-state index < -0.39 is 15.7 Å². The van der Waals surface area contributed by atoms with Crippen molar-refractivity contribution in [2.75, 3.05) is 42.7 Å². The molecule has 1 aliphatic heterocycles. The van der Waals surface area contributed by atoms with Crippen molar-refractivity contribution >= 4 is 27.2 Å². The first-order chi connectivity index (χ1) is 11.9. The second-order valence-electron chi connectivity index (χ2n) is 5.89. The van der Waals surface area contributed by atoms with Gasteiger partial charge in [-0.2, -0.15) is 0 Å². The number of pyridine rings is 1. The summed E-state index contributed by atoms with van der Waals surface area (Å²) in [5.41, 5.74) is 1.29. The summed E-state index contributed by atoms with van der Waals surface area (Å²) in [6.07, 6.45) is 2.84. The van der Waals surface area contributed by atoms with Crippen molar-refractivity contribution in [1.29, 1.82) is 0 Å². The molecule has 2 heterocycles. The number of hydrogen-bond donors (Lipinski definition) is 2. The van der Waals surface area contributed by atoms with Crippen LogP contribution in [0.4, 0.5) is 11.5 Å². The molecule has 0 spiro atoms. The zero-order valence-corrected chi connectivity index (χ0v) is 14.7.